The first-order valence-corrected chi connectivity index (χ1v) is 7.22. The summed E-state index contributed by atoms with van der Waals surface area (Å²) < 4.78 is 19.6. The molecule has 0 heterocycles. The zero-order valence-electron chi connectivity index (χ0n) is 13.0. The average Bonchev–Trinajstić information content (AvgIpc) is 2.43. The van der Waals surface area contributed by atoms with Gasteiger partial charge < -0.3 is 10.5 Å². The molecule has 0 aromatic heterocycles. The third-order valence-corrected chi connectivity index (χ3v) is 3.56. The molecule has 0 radical (unpaired) electrons. The van der Waals surface area contributed by atoms with Crippen LogP contribution < -0.4 is 10.5 Å². The maximum absolute atomic E-state index is 13.7. The maximum Gasteiger partial charge on any atom is 0.132 e. The summed E-state index contributed by atoms with van der Waals surface area (Å²) in [5, 5.41) is 0. The Morgan fingerprint density at radius 3 is 2.19 bits per heavy atom. The molecule has 0 fully saturated rings. The number of nitrogens with two attached hydrogens (primary N) is 1. The van der Waals surface area contributed by atoms with E-state index in [-0.39, 0.29) is 11.9 Å². The van der Waals surface area contributed by atoms with Gasteiger partial charge in [-0.3, -0.25) is 0 Å². The van der Waals surface area contributed by atoms with Crippen molar-refractivity contribution in [2.75, 3.05) is 0 Å². The van der Waals surface area contributed by atoms with Gasteiger partial charge in [0.1, 0.15) is 17.3 Å². The predicted molar refractivity (Wildman–Crippen MR) is 84.3 cm³/mol. The van der Waals surface area contributed by atoms with Gasteiger partial charge in [0.2, 0.25) is 0 Å². The van der Waals surface area contributed by atoms with Gasteiger partial charge in [-0.25, -0.2) is 4.39 Å². The molecular weight excluding hydrogens is 265 g/mol. The molecule has 0 saturated heterocycles. The lowest BCUT2D eigenvalue weighted by atomic mass is 10.0. The molecule has 0 aliphatic carbocycles. The van der Waals surface area contributed by atoms with Crippen molar-refractivity contribution < 1.29 is 9.13 Å². The quantitative estimate of drug-likeness (QED) is 0.852. The third kappa shape index (κ3) is 3.61. The second-order valence-electron chi connectivity index (χ2n) is 5.75. The minimum Gasteiger partial charge on any atom is -0.457 e. The Morgan fingerprint density at radius 2 is 1.67 bits per heavy atom. The number of hydrogen-bond donors (Lipinski definition) is 1. The van der Waals surface area contributed by atoms with E-state index in [1.807, 2.05) is 31.2 Å². The zero-order chi connectivity index (χ0) is 15.6. The molecule has 1 atom stereocenters. The summed E-state index contributed by atoms with van der Waals surface area (Å²) in [6, 6.07) is 10.8. The van der Waals surface area contributed by atoms with E-state index >= 15 is 0 Å². The molecular formula is C18H22FNO. The molecule has 1 unspecified atom stereocenters. The van der Waals surface area contributed by atoms with Crippen molar-refractivity contribution in [3.63, 3.8) is 0 Å². The topological polar surface area (TPSA) is 35.2 Å². The van der Waals surface area contributed by atoms with Gasteiger partial charge in [-0.05, 0) is 55.2 Å². The van der Waals surface area contributed by atoms with E-state index in [0.29, 0.717) is 22.8 Å². The van der Waals surface area contributed by atoms with Crippen molar-refractivity contribution in [2.45, 2.75) is 39.7 Å². The average molecular weight is 287 g/mol. The summed E-state index contributed by atoms with van der Waals surface area (Å²) >= 11 is 0. The first-order chi connectivity index (χ1) is 9.88. The summed E-state index contributed by atoms with van der Waals surface area (Å²) in [5.74, 6) is 1.56. The van der Waals surface area contributed by atoms with Crippen molar-refractivity contribution in [1.29, 1.82) is 0 Å². The highest BCUT2D eigenvalue weighted by molar-refractivity contribution is 5.43. The number of hydrogen-bond acceptors (Lipinski definition) is 2. The monoisotopic (exact) mass is 287 g/mol. The number of rotatable bonds is 4. The van der Waals surface area contributed by atoms with Crippen LogP contribution in [-0.2, 0) is 0 Å². The van der Waals surface area contributed by atoms with Gasteiger partial charge in [0.15, 0.2) is 0 Å². The van der Waals surface area contributed by atoms with E-state index in [9.17, 15) is 4.39 Å². The van der Waals surface area contributed by atoms with Gasteiger partial charge in [-0.2, -0.15) is 0 Å². The van der Waals surface area contributed by atoms with Crippen molar-refractivity contribution in [1.82, 2.24) is 0 Å². The van der Waals surface area contributed by atoms with Crippen LogP contribution in [-0.4, -0.2) is 0 Å². The molecule has 0 amide bonds. The van der Waals surface area contributed by atoms with Gasteiger partial charge in [0.05, 0.1) is 0 Å². The molecule has 0 spiro atoms. The van der Waals surface area contributed by atoms with Gasteiger partial charge in [-0.15, -0.1) is 0 Å². The second kappa shape index (κ2) is 6.27. The van der Waals surface area contributed by atoms with E-state index < -0.39 is 0 Å². The summed E-state index contributed by atoms with van der Waals surface area (Å²) in [7, 11) is 0. The maximum atomic E-state index is 13.7. The highest BCUT2D eigenvalue weighted by Crippen LogP contribution is 2.31. The minimum absolute atomic E-state index is 0.259. The Kier molecular flexibility index (Phi) is 4.63. The third-order valence-electron chi connectivity index (χ3n) is 3.56. The van der Waals surface area contributed by atoms with Gasteiger partial charge in [0.25, 0.3) is 0 Å². The van der Waals surface area contributed by atoms with Crippen molar-refractivity contribution in [3.05, 3.63) is 58.9 Å². The van der Waals surface area contributed by atoms with E-state index in [1.54, 1.807) is 13.0 Å². The summed E-state index contributed by atoms with van der Waals surface area (Å²) in [5.41, 5.74) is 8.38. The van der Waals surface area contributed by atoms with Crippen molar-refractivity contribution in [2.24, 2.45) is 5.73 Å². The molecule has 21 heavy (non-hydrogen) atoms. The SMILES string of the molecule is Cc1cc(Oc2ccc(C(C)C)cc2)c(C(C)N)cc1F. The van der Waals surface area contributed by atoms with E-state index in [4.69, 9.17) is 10.5 Å². The molecule has 112 valence electrons. The lowest BCUT2D eigenvalue weighted by molar-refractivity contribution is 0.468. The lowest BCUT2D eigenvalue weighted by Crippen LogP contribution is -2.08. The van der Waals surface area contributed by atoms with Crippen LogP contribution in [0.4, 0.5) is 4.39 Å². The zero-order valence-corrected chi connectivity index (χ0v) is 13.0. The molecule has 0 aliphatic rings. The summed E-state index contributed by atoms with van der Waals surface area (Å²) in [6.07, 6.45) is 0. The van der Waals surface area contributed by atoms with E-state index in [0.717, 1.165) is 5.75 Å². The summed E-state index contributed by atoms with van der Waals surface area (Å²) in [6.45, 7) is 7.83. The number of ether oxygens (including phenoxy) is 1. The fourth-order valence-electron chi connectivity index (χ4n) is 2.16. The first-order valence-electron chi connectivity index (χ1n) is 7.22. The van der Waals surface area contributed by atoms with Crippen LogP contribution in [0, 0.1) is 12.7 Å². The highest BCUT2D eigenvalue weighted by atomic mass is 19.1. The van der Waals surface area contributed by atoms with E-state index in [1.165, 1.54) is 11.6 Å². The second-order valence-corrected chi connectivity index (χ2v) is 5.75. The number of halogens is 1. The van der Waals surface area contributed by atoms with Crippen LogP contribution in [0.1, 0.15) is 49.4 Å². The predicted octanol–water partition coefficient (Wildman–Crippen LogP) is 5.07. The molecule has 0 bridgehead atoms. The Balaban J connectivity index is 2.32. The lowest BCUT2D eigenvalue weighted by Gasteiger charge is -2.15. The Morgan fingerprint density at radius 1 is 1.05 bits per heavy atom. The van der Waals surface area contributed by atoms with Gasteiger partial charge in [0, 0.05) is 11.6 Å². The van der Waals surface area contributed by atoms with Crippen LogP contribution in [0.15, 0.2) is 36.4 Å². The van der Waals surface area contributed by atoms with Crippen LogP contribution >= 0.6 is 0 Å². The smallest absolute Gasteiger partial charge is 0.132 e. The molecule has 0 aliphatic heterocycles. The Bertz CT molecular complexity index is 618. The first kappa shape index (κ1) is 15.5. The molecule has 2 aromatic carbocycles. The number of aryl methyl sites for hydroxylation is 1. The molecule has 2 aromatic rings. The Labute approximate surface area is 125 Å². The van der Waals surface area contributed by atoms with E-state index in [2.05, 4.69) is 13.8 Å². The van der Waals surface area contributed by atoms with Crippen LogP contribution in [0.5, 0.6) is 11.5 Å². The van der Waals surface area contributed by atoms with Gasteiger partial charge >= 0.3 is 0 Å². The standard InChI is InChI=1S/C18H22FNO/c1-11(2)14-5-7-15(8-6-14)21-18-9-12(3)17(19)10-16(18)13(4)20/h5-11,13H,20H2,1-4H3. The fourth-order valence-corrected chi connectivity index (χ4v) is 2.16. The highest BCUT2D eigenvalue weighted by Gasteiger charge is 2.13. The molecule has 2 nitrogen and oxygen atoms in total. The molecule has 0 saturated carbocycles. The van der Waals surface area contributed by atoms with Crippen LogP contribution in [0.3, 0.4) is 0 Å². The molecule has 2 rings (SSSR count). The normalized spacial score (nSPS) is 12.5. The van der Waals surface area contributed by atoms with Crippen LogP contribution in [0.2, 0.25) is 0 Å². The Hall–Kier alpha value is -1.87. The molecule has 2 N–H and O–H groups in total. The summed E-state index contributed by atoms with van der Waals surface area (Å²) in [4.78, 5) is 0. The van der Waals surface area contributed by atoms with Crippen molar-refractivity contribution >= 4 is 0 Å². The van der Waals surface area contributed by atoms with Gasteiger partial charge in [-0.1, -0.05) is 26.0 Å². The minimum atomic E-state index is -0.287. The van der Waals surface area contributed by atoms with Crippen LogP contribution in [0.25, 0.3) is 0 Å². The number of benzene rings is 2. The van der Waals surface area contributed by atoms with Crippen molar-refractivity contribution in [3.8, 4) is 11.5 Å². The molecule has 3 heteroatoms. The largest absolute Gasteiger partial charge is 0.457 e. The fraction of sp³-hybridized carbons (Fsp3) is 0.333.